The molecule has 3 N–H and O–H groups in total. The summed E-state index contributed by atoms with van der Waals surface area (Å²) in [5, 5.41) is 12.1. The number of nitrogens with zero attached hydrogens (tertiary/aromatic N) is 2. The topological polar surface area (TPSA) is 79.5 Å². The van der Waals surface area contributed by atoms with Crippen LogP contribution in [0.1, 0.15) is 35.3 Å². The highest BCUT2D eigenvalue weighted by Crippen LogP contribution is 2.22. The number of likely N-dealkylation sites (tertiary alicyclic amines) is 1. The Bertz CT molecular complexity index is 411. The van der Waals surface area contributed by atoms with E-state index in [1.165, 1.54) is 11.3 Å². The molecule has 0 radical (unpaired) electrons. The molecule has 0 aromatic carbocycles. The van der Waals surface area contributed by atoms with Gasteiger partial charge in [-0.05, 0) is 25.7 Å². The van der Waals surface area contributed by atoms with E-state index in [1.807, 2.05) is 11.8 Å². The zero-order valence-electron chi connectivity index (χ0n) is 10.5. The third-order valence-electron chi connectivity index (χ3n) is 3.45. The average Bonchev–Trinajstić information content (AvgIpc) is 2.86. The van der Waals surface area contributed by atoms with Gasteiger partial charge in [0, 0.05) is 25.0 Å². The number of amides is 1. The molecule has 18 heavy (non-hydrogen) atoms. The number of hydrogen-bond donors (Lipinski definition) is 2. The summed E-state index contributed by atoms with van der Waals surface area (Å²) < 4.78 is 0. The van der Waals surface area contributed by atoms with Crippen molar-refractivity contribution in [3.63, 3.8) is 0 Å². The maximum Gasteiger partial charge on any atom is 0.273 e. The highest BCUT2D eigenvalue weighted by atomic mass is 32.1. The molecule has 5 nitrogen and oxygen atoms in total. The van der Waals surface area contributed by atoms with Gasteiger partial charge in [-0.2, -0.15) is 0 Å². The normalized spacial score (nSPS) is 18.9. The van der Waals surface area contributed by atoms with Crippen LogP contribution in [-0.2, 0) is 6.54 Å². The van der Waals surface area contributed by atoms with E-state index in [1.54, 1.807) is 5.38 Å². The number of nitrogens with two attached hydrogens (primary N) is 1. The van der Waals surface area contributed by atoms with Crippen molar-refractivity contribution in [2.45, 2.75) is 32.4 Å². The Kier molecular flexibility index (Phi) is 4.31. The molecule has 1 aliphatic rings. The van der Waals surface area contributed by atoms with Crippen LogP contribution in [0.25, 0.3) is 0 Å². The highest BCUT2D eigenvalue weighted by molar-refractivity contribution is 7.09. The number of aliphatic hydroxyl groups is 1. The van der Waals surface area contributed by atoms with Gasteiger partial charge in [0.2, 0.25) is 0 Å². The third kappa shape index (κ3) is 2.88. The number of aromatic nitrogens is 1. The number of carbonyl (C=O) groups excluding carboxylic acids is 1. The largest absolute Gasteiger partial charge is 0.393 e. The van der Waals surface area contributed by atoms with Crippen molar-refractivity contribution in [1.29, 1.82) is 0 Å². The number of piperidine rings is 1. The number of aliphatic hydroxyl groups excluding tert-OH is 1. The molecule has 1 unspecified atom stereocenters. The van der Waals surface area contributed by atoms with Crippen molar-refractivity contribution >= 4 is 17.2 Å². The molecule has 0 saturated carbocycles. The molecule has 2 heterocycles. The van der Waals surface area contributed by atoms with Crippen LogP contribution in [0.4, 0.5) is 0 Å². The Balaban J connectivity index is 1.95. The minimum absolute atomic E-state index is 0.0185. The predicted octanol–water partition coefficient (Wildman–Crippen LogP) is 0.835. The number of hydrogen-bond acceptors (Lipinski definition) is 5. The summed E-state index contributed by atoms with van der Waals surface area (Å²) in [7, 11) is 0. The lowest BCUT2D eigenvalue weighted by atomic mass is 9.92. The fourth-order valence-corrected chi connectivity index (χ4v) is 2.90. The number of rotatable bonds is 3. The van der Waals surface area contributed by atoms with Crippen LogP contribution in [0.15, 0.2) is 5.38 Å². The lowest BCUT2D eigenvalue weighted by molar-refractivity contribution is 0.0517. The fraction of sp³-hybridized carbons (Fsp3) is 0.667. The van der Waals surface area contributed by atoms with E-state index in [9.17, 15) is 9.90 Å². The summed E-state index contributed by atoms with van der Waals surface area (Å²) in [5.74, 6) is 0.291. The van der Waals surface area contributed by atoms with Gasteiger partial charge in [0.05, 0.1) is 6.10 Å². The van der Waals surface area contributed by atoms with Gasteiger partial charge in [0.25, 0.3) is 5.91 Å². The molecule has 6 heteroatoms. The molecule has 0 aliphatic carbocycles. The van der Waals surface area contributed by atoms with E-state index < -0.39 is 0 Å². The molecule has 0 spiro atoms. The summed E-state index contributed by atoms with van der Waals surface area (Å²) in [4.78, 5) is 18.2. The molecule has 0 bridgehead atoms. The number of thiazole rings is 1. The smallest absolute Gasteiger partial charge is 0.273 e. The van der Waals surface area contributed by atoms with Crippen molar-refractivity contribution in [2.75, 3.05) is 13.1 Å². The molecule has 1 atom stereocenters. The van der Waals surface area contributed by atoms with E-state index >= 15 is 0 Å². The van der Waals surface area contributed by atoms with E-state index in [4.69, 9.17) is 5.73 Å². The van der Waals surface area contributed by atoms with Gasteiger partial charge < -0.3 is 15.7 Å². The Morgan fingerprint density at radius 1 is 1.67 bits per heavy atom. The second-order valence-corrected chi connectivity index (χ2v) is 5.64. The van der Waals surface area contributed by atoms with Crippen LogP contribution in [0.2, 0.25) is 0 Å². The van der Waals surface area contributed by atoms with E-state index in [0.717, 1.165) is 17.8 Å². The van der Waals surface area contributed by atoms with Gasteiger partial charge >= 0.3 is 0 Å². The van der Waals surface area contributed by atoms with E-state index in [-0.39, 0.29) is 12.0 Å². The first-order chi connectivity index (χ1) is 8.61. The Morgan fingerprint density at radius 2 is 2.33 bits per heavy atom. The SMILES string of the molecule is CC(O)C1CCN(C(=O)c2csc(CN)n2)CC1. The minimum atomic E-state index is -0.287. The quantitative estimate of drug-likeness (QED) is 0.852. The summed E-state index contributed by atoms with van der Waals surface area (Å²) >= 11 is 1.42. The first-order valence-corrected chi connectivity index (χ1v) is 7.11. The van der Waals surface area contributed by atoms with Gasteiger partial charge in [-0.1, -0.05) is 0 Å². The van der Waals surface area contributed by atoms with Crippen molar-refractivity contribution < 1.29 is 9.90 Å². The Hall–Kier alpha value is -0.980. The molecule has 1 amide bonds. The third-order valence-corrected chi connectivity index (χ3v) is 4.33. The van der Waals surface area contributed by atoms with Crippen LogP contribution in [0.5, 0.6) is 0 Å². The van der Waals surface area contributed by atoms with Crippen LogP contribution in [0.3, 0.4) is 0 Å². The Morgan fingerprint density at radius 3 is 2.83 bits per heavy atom. The molecular formula is C12H19N3O2S. The predicted molar refractivity (Wildman–Crippen MR) is 70.3 cm³/mol. The standard InChI is InChI=1S/C12H19N3O2S/c1-8(16)9-2-4-15(5-3-9)12(17)10-7-18-11(6-13)14-10/h7-9,16H,2-6,13H2,1H3. The van der Waals surface area contributed by atoms with Crippen molar-refractivity contribution in [3.8, 4) is 0 Å². The number of carbonyl (C=O) groups is 1. The fourth-order valence-electron chi connectivity index (χ4n) is 2.25. The van der Waals surface area contributed by atoms with Crippen molar-refractivity contribution in [1.82, 2.24) is 9.88 Å². The molecular weight excluding hydrogens is 250 g/mol. The Labute approximate surface area is 111 Å². The molecule has 1 aromatic heterocycles. The zero-order chi connectivity index (χ0) is 13.1. The van der Waals surface area contributed by atoms with Crippen LogP contribution >= 0.6 is 11.3 Å². The van der Waals surface area contributed by atoms with E-state index in [0.29, 0.717) is 31.2 Å². The first-order valence-electron chi connectivity index (χ1n) is 6.23. The molecule has 100 valence electrons. The maximum absolute atomic E-state index is 12.2. The van der Waals surface area contributed by atoms with Crippen LogP contribution in [-0.4, -0.2) is 40.1 Å². The minimum Gasteiger partial charge on any atom is -0.393 e. The molecule has 2 rings (SSSR count). The molecule has 1 aliphatic heterocycles. The van der Waals surface area contributed by atoms with E-state index in [2.05, 4.69) is 4.98 Å². The van der Waals surface area contributed by atoms with Gasteiger partial charge in [-0.3, -0.25) is 4.79 Å². The van der Waals surface area contributed by atoms with Crippen molar-refractivity contribution in [2.24, 2.45) is 11.7 Å². The monoisotopic (exact) mass is 269 g/mol. The van der Waals surface area contributed by atoms with Crippen molar-refractivity contribution in [3.05, 3.63) is 16.1 Å². The van der Waals surface area contributed by atoms with Gasteiger partial charge in [0.1, 0.15) is 10.7 Å². The lowest BCUT2D eigenvalue weighted by Gasteiger charge is -2.32. The second-order valence-electron chi connectivity index (χ2n) is 4.70. The van der Waals surface area contributed by atoms with Crippen LogP contribution in [0, 0.1) is 5.92 Å². The molecule has 1 saturated heterocycles. The highest BCUT2D eigenvalue weighted by Gasteiger charge is 2.26. The van der Waals surface area contributed by atoms with Crippen LogP contribution < -0.4 is 5.73 Å². The second kappa shape index (κ2) is 5.77. The molecule has 1 fully saturated rings. The van der Waals surface area contributed by atoms with Gasteiger partial charge in [-0.15, -0.1) is 11.3 Å². The summed E-state index contributed by atoms with van der Waals surface area (Å²) in [6.45, 7) is 3.59. The zero-order valence-corrected chi connectivity index (χ0v) is 11.3. The average molecular weight is 269 g/mol. The van der Waals surface area contributed by atoms with Gasteiger partial charge in [-0.25, -0.2) is 4.98 Å². The maximum atomic E-state index is 12.2. The lowest BCUT2D eigenvalue weighted by Crippen LogP contribution is -2.40. The summed E-state index contributed by atoms with van der Waals surface area (Å²) in [6.07, 6.45) is 1.43. The summed E-state index contributed by atoms with van der Waals surface area (Å²) in [6, 6.07) is 0. The summed E-state index contributed by atoms with van der Waals surface area (Å²) in [5.41, 5.74) is 5.98. The van der Waals surface area contributed by atoms with Gasteiger partial charge in [0.15, 0.2) is 0 Å². The molecule has 1 aromatic rings. The first kappa shape index (κ1) is 13.5.